The summed E-state index contributed by atoms with van der Waals surface area (Å²) in [5.41, 5.74) is 7.13. The first-order valence-corrected chi connectivity index (χ1v) is 7.52. The lowest BCUT2D eigenvalue weighted by Gasteiger charge is -2.24. The van der Waals surface area contributed by atoms with Crippen LogP contribution in [0.3, 0.4) is 0 Å². The van der Waals surface area contributed by atoms with Gasteiger partial charge in [-0.25, -0.2) is 0 Å². The van der Waals surface area contributed by atoms with Crippen molar-refractivity contribution in [2.45, 2.75) is 38.1 Å². The summed E-state index contributed by atoms with van der Waals surface area (Å²) in [5.74, 6) is 2.25. The van der Waals surface area contributed by atoms with Gasteiger partial charge in [0.15, 0.2) is 0 Å². The lowest BCUT2D eigenvalue weighted by atomic mass is 9.84. The second kappa shape index (κ2) is 6.26. The van der Waals surface area contributed by atoms with Gasteiger partial charge in [-0.3, -0.25) is 0 Å². The minimum absolute atomic E-state index is 0.166. The molecule has 0 amide bonds. The van der Waals surface area contributed by atoms with Crippen molar-refractivity contribution in [1.29, 1.82) is 0 Å². The Balaban J connectivity index is 1.82. The highest BCUT2D eigenvalue weighted by atomic mass is 16.5. The second-order valence-corrected chi connectivity index (χ2v) is 5.58. The third kappa shape index (κ3) is 2.93. The molecule has 1 atom stereocenters. The largest absolute Gasteiger partial charge is 0.496 e. The molecule has 1 aliphatic carbocycles. The van der Waals surface area contributed by atoms with Gasteiger partial charge in [0.2, 0.25) is 11.7 Å². The van der Waals surface area contributed by atoms with E-state index in [0.29, 0.717) is 17.6 Å². The molecule has 5 heteroatoms. The number of benzene rings is 1. The van der Waals surface area contributed by atoms with Crippen molar-refractivity contribution in [3.8, 4) is 17.1 Å². The predicted octanol–water partition coefficient (Wildman–Crippen LogP) is 3.33. The Morgan fingerprint density at radius 3 is 2.76 bits per heavy atom. The van der Waals surface area contributed by atoms with Crippen LogP contribution in [0.4, 0.5) is 0 Å². The molecule has 0 saturated heterocycles. The minimum Gasteiger partial charge on any atom is -0.496 e. The van der Waals surface area contributed by atoms with E-state index in [-0.39, 0.29) is 6.04 Å². The SMILES string of the molecule is COc1ccccc1-c1noc(C(N)C2CCCCC2)n1. The average Bonchev–Trinajstić information content (AvgIpc) is 3.04. The average molecular weight is 287 g/mol. The Morgan fingerprint density at radius 2 is 2.00 bits per heavy atom. The van der Waals surface area contributed by atoms with E-state index in [1.807, 2.05) is 24.3 Å². The first-order chi connectivity index (χ1) is 10.3. The van der Waals surface area contributed by atoms with E-state index in [0.717, 1.165) is 24.2 Å². The molecule has 112 valence electrons. The van der Waals surface area contributed by atoms with Crippen molar-refractivity contribution in [3.63, 3.8) is 0 Å². The van der Waals surface area contributed by atoms with Crippen molar-refractivity contribution < 1.29 is 9.26 Å². The zero-order valence-corrected chi connectivity index (χ0v) is 12.3. The maximum Gasteiger partial charge on any atom is 0.244 e. The molecule has 2 N–H and O–H groups in total. The molecule has 0 spiro atoms. The molecular weight excluding hydrogens is 266 g/mol. The van der Waals surface area contributed by atoms with Crippen LogP contribution in [-0.4, -0.2) is 17.3 Å². The first kappa shape index (κ1) is 14.1. The van der Waals surface area contributed by atoms with Crippen LogP contribution in [0.5, 0.6) is 5.75 Å². The van der Waals surface area contributed by atoms with Crippen LogP contribution in [0.15, 0.2) is 28.8 Å². The number of hydrogen-bond acceptors (Lipinski definition) is 5. The minimum atomic E-state index is -0.166. The van der Waals surface area contributed by atoms with Gasteiger partial charge in [-0.15, -0.1) is 0 Å². The Kier molecular flexibility index (Phi) is 4.20. The van der Waals surface area contributed by atoms with Gasteiger partial charge < -0.3 is 15.0 Å². The van der Waals surface area contributed by atoms with Gasteiger partial charge >= 0.3 is 0 Å². The highest BCUT2D eigenvalue weighted by Gasteiger charge is 2.26. The van der Waals surface area contributed by atoms with Gasteiger partial charge in [0.25, 0.3) is 0 Å². The first-order valence-electron chi connectivity index (χ1n) is 7.52. The summed E-state index contributed by atoms with van der Waals surface area (Å²) in [6, 6.07) is 7.47. The number of nitrogens with zero attached hydrogens (tertiary/aromatic N) is 2. The highest BCUT2D eigenvalue weighted by Crippen LogP contribution is 2.34. The zero-order valence-electron chi connectivity index (χ0n) is 12.3. The van der Waals surface area contributed by atoms with Crippen LogP contribution in [0.1, 0.15) is 44.0 Å². The number of para-hydroxylation sites is 1. The fourth-order valence-corrected chi connectivity index (χ4v) is 3.00. The van der Waals surface area contributed by atoms with Crippen molar-refractivity contribution >= 4 is 0 Å². The quantitative estimate of drug-likeness (QED) is 0.933. The van der Waals surface area contributed by atoms with E-state index >= 15 is 0 Å². The molecule has 1 heterocycles. The lowest BCUT2D eigenvalue weighted by molar-refractivity contribution is 0.255. The van der Waals surface area contributed by atoms with Crippen LogP contribution in [-0.2, 0) is 0 Å². The molecule has 0 aliphatic heterocycles. The second-order valence-electron chi connectivity index (χ2n) is 5.58. The number of rotatable bonds is 4. The smallest absolute Gasteiger partial charge is 0.244 e. The number of hydrogen-bond donors (Lipinski definition) is 1. The van der Waals surface area contributed by atoms with E-state index in [9.17, 15) is 0 Å². The van der Waals surface area contributed by atoms with Crippen LogP contribution in [0.25, 0.3) is 11.4 Å². The number of nitrogens with two attached hydrogens (primary N) is 1. The molecule has 1 unspecified atom stereocenters. The van der Waals surface area contributed by atoms with Gasteiger partial charge in [-0.1, -0.05) is 36.6 Å². The Bertz CT molecular complexity index is 591. The maximum absolute atomic E-state index is 6.30. The summed E-state index contributed by atoms with van der Waals surface area (Å²) >= 11 is 0. The van der Waals surface area contributed by atoms with E-state index in [2.05, 4.69) is 10.1 Å². The third-order valence-corrected chi connectivity index (χ3v) is 4.23. The Morgan fingerprint density at radius 1 is 1.24 bits per heavy atom. The van der Waals surface area contributed by atoms with Gasteiger partial charge in [0, 0.05) is 0 Å². The van der Waals surface area contributed by atoms with Gasteiger partial charge in [-0.05, 0) is 30.9 Å². The topological polar surface area (TPSA) is 74.2 Å². The van der Waals surface area contributed by atoms with Gasteiger partial charge in [0.1, 0.15) is 5.75 Å². The van der Waals surface area contributed by atoms with Crippen molar-refractivity contribution in [3.05, 3.63) is 30.2 Å². The highest BCUT2D eigenvalue weighted by molar-refractivity contribution is 5.63. The molecule has 1 aromatic carbocycles. The third-order valence-electron chi connectivity index (χ3n) is 4.23. The van der Waals surface area contributed by atoms with Crippen molar-refractivity contribution in [2.75, 3.05) is 7.11 Å². The summed E-state index contributed by atoms with van der Waals surface area (Å²) in [6.45, 7) is 0. The summed E-state index contributed by atoms with van der Waals surface area (Å²) in [6.07, 6.45) is 6.08. The predicted molar refractivity (Wildman–Crippen MR) is 79.8 cm³/mol. The number of aromatic nitrogens is 2. The van der Waals surface area contributed by atoms with Crippen LogP contribution < -0.4 is 10.5 Å². The molecule has 3 rings (SSSR count). The standard InChI is InChI=1S/C16H21N3O2/c1-20-13-10-6-5-9-12(13)15-18-16(21-19-15)14(17)11-7-3-2-4-8-11/h5-6,9-11,14H,2-4,7-8,17H2,1H3. The molecular formula is C16H21N3O2. The van der Waals surface area contributed by atoms with E-state index in [4.69, 9.17) is 15.0 Å². The Labute approximate surface area is 124 Å². The fourth-order valence-electron chi connectivity index (χ4n) is 3.00. The van der Waals surface area contributed by atoms with E-state index < -0.39 is 0 Å². The number of ether oxygens (including phenoxy) is 1. The van der Waals surface area contributed by atoms with Crippen molar-refractivity contribution in [1.82, 2.24) is 10.1 Å². The Hall–Kier alpha value is -1.88. The zero-order chi connectivity index (χ0) is 14.7. The molecule has 5 nitrogen and oxygen atoms in total. The van der Waals surface area contributed by atoms with E-state index in [1.54, 1.807) is 7.11 Å². The maximum atomic E-state index is 6.30. The molecule has 0 bridgehead atoms. The summed E-state index contributed by atoms with van der Waals surface area (Å²) in [5, 5.41) is 4.06. The monoisotopic (exact) mass is 287 g/mol. The van der Waals surface area contributed by atoms with Crippen LogP contribution in [0, 0.1) is 5.92 Å². The van der Waals surface area contributed by atoms with Crippen LogP contribution in [0.2, 0.25) is 0 Å². The summed E-state index contributed by atoms with van der Waals surface area (Å²) in [4.78, 5) is 4.48. The van der Waals surface area contributed by atoms with Gasteiger partial charge in [-0.2, -0.15) is 4.98 Å². The molecule has 0 radical (unpaired) electrons. The lowest BCUT2D eigenvalue weighted by Crippen LogP contribution is -2.23. The molecule has 1 aromatic heterocycles. The number of methoxy groups -OCH3 is 1. The molecule has 1 aliphatic rings. The molecule has 1 fully saturated rings. The summed E-state index contributed by atoms with van der Waals surface area (Å²) in [7, 11) is 1.63. The fraction of sp³-hybridized carbons (Fsp3) is 0.500. The normalized spacial score (nSPS) is 17.6. The molecule has 2 aromatic rings. The van der Waals surface area contributed by atoms with Crippen LogP contribution >= 0.6 is 0 Å². The molecule has 1 saturated carbocycles. The van der Waals surface area contributed by atoms with E-state index in [1.165, 1.54) is 19.3 Å². The summed E-state index contributed by atoms with van der Waals surface area (Å²) < 4.78 is 10.7. The van der Waals surface area contributed by atoms with Crippen molar-refractivity contribution in [2.24, 2.45) is 11.7 Å². The molecule has 21 heavy (non-hydrogen) atoms. The van der Waals surface area contributed by atoms with Gasteiger partial charge in [0.05, 0.1) is 18.7 Å².